The summed E-state index contributed by atoms with van der Waals surface area (Å²) in [6.07, 6.45) is 1.38. The number of halogens is 2. The number of rotatable bonds is 7. The topological polar surface area (TPSA) is 56.3 Å². The maximum atomic E-state index is 12.4. The van der Waals surface area contributed by atoms with Crippen molar-refractivity contribution >= 4 is 5.82 Å². The Morgan fingerprint density at radius 2 is 2.05 bits per heavy atom. The molecule has 0 fully saturated rings. The summed E-state index contributed by atoms with van der Waals surface area (Å²) in [5.41, 5.74) is 1.58. The van der Waals surface area contributed by atoms with Gasteiger partial charge in [0.25, 0.3) is 0 Å². The molecule has 1 aromatic heterocycles. The molecule has 1 N–H and O–H groups in total. The van der Waals surface area contributed by atoms with Crippen LogP contribution in [0.4, 0.5) is 14.6 Å². The Hall–Kier alpha value is -2.44. The Kier molecular flexibility index (Phi) is 5.46. The summed E-state index contributed by atoms with van der Waals surface area (Å²) in [5.74, 6) is 1.14. The van der Waals surface area contributed by atoms with Crippen LogP contribution in [0.2, 0.25) is 0 Å². The van der Waals surface area contributed by atoms with E-state index in [4.69, 9.17) is 4.74 Å². The molecular weight excluding hydrogens is 292 g/mol. The normalized spacial score (nSPS) is 10.6. The van der Waals surface area contributed by atoms with Gasteiger partial charge in [0.05, 0.1) is 6.61 Å². The summed E-state index contributed by atoms with van der Waals surface area (Å²) in [5, 5.41) is 3.04. The lowest BCUT2D eigenvalue weighted by Gasteiger charge is -2.13. The van der Waals surface area contributed by atoms with Gasteiger partial charge in [-0.25, -0.2) is 9.97 Å². The first-order valence-electron chi connectivity index (χ1n) is 6.81. The van der Waals surface area contributed by atoms with E-state index in [2.05, 4.69) is 20.0 Å². The molecule has 0 aliphatic carbocycles. The second-order valence-corrected chi connectivity index (χ2v) is 4.52. The molecule has 7 heteroatoms. The molecule has 0 radical (unpaired) electrons. The van der Waals surface area contributed by atoms with Crippen molar-refractivity contribution in [3.8, 4) is 11.6 Å². The van der Waals surface area contributed by atoms with Crippen LogP contribution in [0.15, 0.2) is 30.6 Å². The second kappa shape index (κ2) is 7.53. The minimum atomic E-state index is -2.86. The molecule has 2 rings (SSSR count). The summed E-state index contributed by atoms with van der Waals surface area (Å²) < 4.78 is 34.6. The summed E-state index contributed by atoms with van der Waals surface area (Å²) in [6, 6.07) is 6.69. The number of hydrogen-bond acceptors (Lipinski definition) is 5. The van der Waals surface area contributed by atoms with Gasteiger partial charge in [-0.15, -0.1) is 0 Å². The maximum Gasteiger partial charge on any atom is 0.387 e. The molecule has 118 valence electrons. The summed E-state index contributed by atoms with van der Waals surface area (Å²) >= 11 is 0. The third-order valence-electron chi connectivity index (χ3n) is 2.83. The van der Waals surface area contributed by atoms with E-state index in [1.165, 1.54) is 12.4 Å². The van der Waals surface area contributed by atoms with Gasteiger partial charge in [-0.05, 0) is 19.9 Å². The first kappa shape index (κ1) is 15.9. The fraction of sp³-hybridized carbons (Fsp3) is 0.333. The molecule has 1 aromatic carbocycles. The van der Waals surface area contributed by atoms with Gasteiger partial charge in [0.2, 0.25) is 5.88 Å². The van der Waals surface area contributed by atoms with Crippen molar-refractivity contribution in [3.05, 3.63) is 41.7 Å². The molecule has 0 aliphatic rings. The van der Waals surface area contributed by atoms with Crippen LogP contribution in [-0.4, -0.2) is 23.2 Å². The monoisotopic (exact) mass is 309 g/mol. The lowest BCUT2D eigenvalue weighted by Crippen LogP contribution is -2.08. The minimum absolute atomic E-state index is 0.146. The molecule has 0 saturated heterocycles. The molecule has 22 heavy (non-hydrogen) atoms. The zero-order valence-electron chi connectivity index (χ0n) is 12.3. The number of alkyl halides is 2. The number of benzene rings is 1. The number of hydrogen-bond donors (Lipinski definition) is 1. The van der Waals surface area contributed by atoms with Crippen LogP contribution in [0.25, 0.3) is 0 Å². The van der Waals surface area contributed by atoms with Crippen LogP contribution in [-0.2, 0) is 6.54 Å². The van der Waals surface area contributed by atoms with E-state index in [0.717, 1.165) is 5.56 Å². The Morgan fingerprint density at radius 1 is 1.23 bits per heavy atom. The Balaban J connectivity index is 2.10. The average molecular weight is 309 g/mol. The number of nitrogens with zero attached hydrogens (tertiary/aromatic N) is 2. The van der Waals surface area contributed by atoms with E-state index >= 15 is 0 Å². The molecule has 0 bridgehead atoms. The Bertz CT molecular complexity index is 623. The van der Waals surface area contributed by atoms with E-state index in [1.54, 1.807) is 18.2 Å². The third kappa shape index (κ3) is 4.54. The van der Waals surface area contributed by atoms with Gasteiger partial charge < -0.3 is 14.8 Å². The minimum Gasteiger partial charge on any atom is -0.478 e. The summed E-state index contributed by atoms with van der Waals surface area (Å²) in [6.45, 7) is 1.68. The number of ether oxygens (including phenoxy) is 2. The van der Waals surface area contributed by atoms with Gasteiger partial charge in [0.15, 0.2) is 0 Å². The van der Waals surface area contributed by atoms with E-state index in [1.807, 2.05) is 13.8 Å². The van der Waals surface area contributed by atoms with Crippen LogP contribution in [0, 0.1) is 6.92 Å². The summed E-state index contributed by atoms with van der Waals surface area (Å²) in [4.78, 5) is 8.02. The number of nitrogens with one attached hydrogen (secondary N) is 1. The van der Waals surface area contributed by atoms with Crippen molar-refractivity contribution in [2.45, 2.75) is 27.0 Å². The quantitative estimate of drug-likeness (QED) is 0.849. The van der Waals surface area contributed by atoms with Gasteiger partial charge in [-0.2, -0.15) is 8.78 Å². The zero-order valence-corrected chi connectivity index (χ0v) is 12.3. The number of aromatic nitrogens is 2. The van der Waals surface area contributed by atoms with E-state index in [9.17, 15) is 8.78 Å². The highest BCUT2D eigenvalue weighted by atomic mass is 19.3. The molecule has 0 amide bonds. The van der Waals surface area contributed by atoms with Crippen molar-refractivity contribution in [2.24, 2.45) is 0 Å². The van der Waals surface area contributed by atoms with Gasteiger partial charge in [0, 0.05) is 18.2 Å². The average Bonchev–Trinajstić information content (AvgIpc) is 2.48. The van der Waals surface area contributed by atoms with E-state index in [0.29, 0.717) is 30.4 Å². The molecule has 0 spiro atoms. The van der Waals surface area contributed by atoms with Gasteiger partial charge in [-0.3, -0.25) is 0 Å². The SMILES string of the molecule is CCOc1cc(NCc2cc(C)ccc2OC(F)F)ncn1. The molecule has 2 aromatic rings. The molecule has 1 heterocycles. The number of aryl methyl sites for hydroxylation is 1. The Labute approximate surface area is 127 Å². The smallest absolute Gasteiger partial charge is 0.387 e. The van der Waals surface area contributed by atoms with Crippen LogP contribution < -0.4 is 14.8 Å². The van der Waals surface area contributed by atoms with Gasteiger partial charge in [-0.1, -0.05) is 17.7 Å². The highest BCUT2D eigenvalue weighted by Gasteiger charge is 2.10. The van der Waals surface area contributed by atoms with Crippen LogP contribution in [0.1, 0.15) is 18.1 Å². The predicted octanol–water partition coefficient (Wildman–Crippen LogP) is 3.40. The van der Waals surface area contributed by atoms with Crippen molar-refractivity contribution in [1.29, 1.82) is 0 Å². The molecule has 0 unspecified atom stereocenters. The van der Waals surface area contributed by atoms with Crippen molar-refractivity contribution in [1.82, 2.24) is 9.97 Å². The first-order chi connectivity index (χ1) is 10.6. The fourth-order valence-electron chi connectivity index (χ4n) is 1.91. The standard InChI is InChI=1S/C15H17F2N3O2/c1-3-21-14-7-13(19-9-20-14)18-8-11-6-10(2)4-5-12(11)22-15(16)17/h4-7,9,15H,3,8H2,1-2H3,(H,18,19,20). The highest BCUT2D eigenvalue weighted by Crippen LogP contribution is 2.23. The van der Waals surface area contributed by atoms with Crippen LogP contribution in [0.3, 0.4) is 0 Å². The largest absolute Gasteiger partial charge is 0.478 e. The Morgan fingerprint density at radius 3 is 2.77 bits per heavy atom. The predicted molar refractivity (Wildman–Crippen MR) is 78.3 cm³/mol. The van der Waals surface area contributed by atoms with Crippen molar-refractivity contribution in [2.75, 3.05) is 11.9 Å². The van der Waals surface area contributed by atoms with E-state index < -0.39 is 6.61 Å². The molecule has 0 atom stereocenters. The van der Waals surface area contributed by atoms with Gasteiger partial charge in [0.1, 0.15) is 17.9 Å². The second-order valence-electron chi connectivity index (χ2n) is 4.52. The zero-order chi connectivity index (χ0) is 15.9. The third-order valence-corrected chi connectivity index (χ3v) is 2.83. The molecule has 0 aliphatic heterocycles. The maximum absolute atomic E-state index is 12.4. The summed E-state index contributed by atoms with van der Waals surface area (Å²) in [7, 11) is 0. The van der Waals surface area contributed by atoms with Crippen LogP contribution in [0.5, 0.6) is 11.6 Å². The van der Waals surface area contributed by atoms with Crippen molar-refractivity contribution in [3.63, 3.8) is 0 Å². The van der Waals surface area contributed by atoms with Crippen molar-refractivity contribution < 1.29 is 18.3 Å². The van der Waals surface area contributed by atoms with Crippen LogP contribution >= 0.6 is 0 Å². The lowest BCUT2D eigenvalue weighted by atomic mass is 10.1. The molecule has 5 nitrogen and oxygen atoms in total. The highest BCUT2D eigenvalue weighted by molar-refractivity contribution is 5.42. The van der Waals surface area contributed by atoms with E-state index in [-0.39, 0.29) is 5.75 Å². The number of anilines is 1. The first-order valence-corrected chi connectivity index (χ1v) is 6.81. The molecular formula is C15H17F2N3O2. The lowest BCUT2D eigenvalue weighted by molar-refractivity contribution is -0.0504. The van der Waals surface area contributed by atoms with Gasteiger partial charge >= 0.3 is 6.61 Å². The molecule has 0 saturated carbocycles. The fourth-order valence-corrected chi connectivity index (χ4v) is 1.91.